The highest BCUT2D eigenvalue weighted by Gasteiger charge is 2.22. The maximum atomic E-state index is 12.5. The highest BCUT2D eigenvalue weighted by Crippen LogP contribution is 2.29. The minimum absolute atomic E-state index is 0.284. The minimum Gasteiger partial charge on any atom is -0.463 e. The number of hydrogen-bond donors (Lipinski definition) is 0. The summed E-state index contributed by atoms with van der Waals surface area (Å²) in [5, 5.41) is 5.18. The molecule has 130 valence electrons. The Kier molecular flexibility index (Phi) is 3.96. The molecule has 0 unspecified atom stereocenters. The van der Waals surface area contributed by atoms with Gasteiger partial charge in [0.25, 0.3) is 0 Å². The van der Waals surface area contributed by atoms with Gasteiger partial charge in [0.05, 0.1) is 29.5 Å². The molecule has 0 fully saturated rings. The number of esters is 1. The van der Waals surface area contributed by atoms with Crippen LogP contribution in [0.4, 0.5) is 0 Å². The highest BCUT2D eigenvalue weighted by atomic mass is 16.5. The first kappa shape index (κ1) is 16.0. The maximum absolute atomic E-state index is 12.5. The van der Waals surface area contributed by atoms with Crippen LogP contribution in [0.15, 0.2) is 53.3 Å². The number of rotatable bonds is 4. The normalized spacial score (nSPS) is 11.0. The molecule has 0 aliphatic heterocycles. The number of hydrogen-bond acceptors (Lipinski definition) is 6. The van der Waals surface area contributed by atoms with Gasteiger partial charge in [0.1, 0.15) is 5.69 Å². The fraction of sp³-hybridized carbons (Fsp3) is 0.158. The average molecular weight is 348 g/mol. The second-order valence-corrected chi connectivity index (χ2v) is 5.64. The average Bonchev–Trinajstić information content (AvgIpc) is 3.30. The van der Waals surface area contributed by atoms with Gasteiger partial charge in [0, 0.05) is 6.20 Å². The fourth-order valence-electron chi connectivity index (χ4n) is 2.85. The van der Waals surface area contributed by atoms with Crippen molar-refractivity contribution in [2.45, 2.75) is 13.8 Å². The van der Waals surface area contributed by atoms with E-state index < -0.39 is 5.97 Å². The Morgan fingerprint density at radius 2 is 2.15 bits per heavy atom. The second kappa shape index (κ2) is 6.44. The maximum Gasteiger partial charge on any atom is 0.339 e. The van der Waals surface area contributed by atoms with E-state index >= 15 is 0 Å². The largest absolute Gasteiger partial charge is 0.463 e. The number of furan rings is 1. The molecule has 0 amide bonds. The molecule has 4 aromatic rings. The number of carbonyl (C=O) groups is 1. The molecule has 0 spiro atoms. The Labute approximate surface area is 149 Å². The number of pyridine rings is 2. The SMILES string of the molecule is CCOC(=O)c1cc(-c2ccco2)nc2c1c(C)nn2-c1ccccn1. The zero-order valence-corrected chi connectivity index (χ0v) is 14.3. The summed E-state index contributed by atoms with van der Waals surface area (Å²) in [5.41, 5.74) is 2.14. The lowest BCUT2D eigenvalue weighted by molar-refractivity contribution is 0.0528. The Balaban J connectivity index is 2.03. The van der Waals surface area contributed by atoms with Gasteiger partial charge in [-0.25, -0.2) is 14.8 Å². The molecule has 4 heterocycles. The minimum atomic E-state index is -0.420. The van der Waals surface area contributed by atoms with E-state index in [4.69, 9.17) is 9.15 Å². The standard InChI is InChI=1S/C19H16N4O3/c1-3-25-19(24)13-11-14(15-7-6-10-26-15)21-18-17(13)12(2)22-23(18)16-8-4-5-9-20-16/h4-11H,3H2,1-2H3. The van der Waals surface area contributed by atoms with Crippen LogP contribution in [-0.4, -0.2) is 32.3 Å². The van der Waals surface area contributed by atoms with Crippen molar-refractivity contribution in [1.29, 1.82) is 0 Å². The van der Waals surface area contributed by atoms with E-state index in [2.05, 4.69) is 15.1 Å². The molecule has 0 N–H and O–H groups in total. The molecule has 0 aliphatic rings. The van der Waals surface area contributed by atoms with E-state index in [-0.39, 0.29) is 6.61 Å². The van der Waals surface area contributed by atoms with Gasteiger partial charge in [-0.2, -0.15) is 9.78 Å². The van der Waals surface area contributed by atoms with Crippen LogP contribution in [0.1, 0.15) is 23.0 Å². The molecule has 0 radical (unpaired) electrons. The van der Waals surface area contributed by atoms with Crippen molar-refractivity contribution < 1.29 is 13.9 Å². The van der Waals surface area contributed by atoms with Gasteiger partial charge < -0.3 is 9.15 Å². The van der Waals surface area contributed by atoms with Gasteiger partial charge in [0.15, 0.2) is 17.2 Å². The van der Waals surface area contributed by atoms with Gasteiger partial charge >= 0.3 is 5.97 Å². The Morgan fingerprint density at radius 1 is 1.27 bits per heavy atom. The van der Waals surface area contributed by atoms with E-state index in [1.54, 1.807) is 42.3 Å². The summed E-state index contributed by atoms with van der Waals surface area (Å²) in [7, 11) is 0. The number of fused-ring (bicyclic) bond motifs is 1. The third-order valence-corrected chi connectivity index (χ3v) is 3.95. The predicted octanol–water partition coefficient (Wildman–Crippen LogP) is 3.56. The third kappa shape index (κ3) is 2.63. The highest BCUT2D eigenvalue weighted by molar-refractivity contribution is 6.05. The molecular formula is C19H16N4O3. The number of aryl methyl sites for hydroxylation is 1. The molecule has 7 heteroatoms. The van der Waals surface area contributed by atoms with Crippen LogP contribution in [0.2, 0.25) is 0 Å². The smallest absolute Gasteiger partial charge is 0.339 e. The van der Waals surface area contributed by atoms with E-state index in [9.17, 15) is 4.79 Å². The molecule has 7 nitrogen and oxygen atoms in total. The van der Waals surface area contributed by atoms with Crippen LogP contribution in [0.25, 0.3) is 28.3 Å². The lowest BCUT2D eigenvalue weighted by Crippen LogP contribution is -2.07. The van der Waals surface area contributed by atoms with Crippen LogP contribution in [0.3, 0.4) is 0 Å². The molecular weight excluding hydrogens is 332 g/mol. The number of nitrogens with zero attached hydrogens (tertiary/aromatic N) is 4. The van der Waals surface area contributed by atoms with Crippen molar-refractivity contribution in [2.75, 3.05) is 6.61 Å². The topological polar surface area (TPSA) is 83.0 Å². The van der Waals surface area contributed by atoms with E-state index in [0.29, 0.717) is 39.6 Å². The third-order valence-electron chi connectivity index (χ3n) is 3.95. The van der Waals surface area contributed by atoms with Crippen molar-refractivity contribution in [3.63, 3.8) is 0 Å². The second-order valence-electron chi connectivity index (χ2n) is 5.64. The molecule has 4 rings (SSSR count). The van der Waals surface area contributed by atoms with Crippen LogP contribution < -0.4 is 0 Å². The molecule has 0 atom stereocenters. The van der Waals surface area contributed by atoms with Crippen LogP contribution in [0.5, 0.6) is 0 Å². The van der Waals surface area contributed by atoms with Gasteiger partial charge in [-0.3, -0.25) is 0 Å². The van der Waals surface area contributed by atoms with Crippen LogP contribution >= 0.6 is 0 Å². The summed E-state index contributed by atoms with van der Waals surface area (Å²) in [6.45, 7) is 3.89. The van der Waals surface area contributed by atoms with Crippen molar-refractivity contribution in [1.82, 2.24) is 19.7 Å². The molecule has 26 heavy (non-hydrogen) atoms. The first-order chi connectivity index (χ1) is 12.7. The molecule has 4 aromatic heterocycles. The lowest BCUT2D eigenvalue weighted by atomic mass is 10.1. The summed E-state index contributed by atoms with van der Waals surface area (Å²) in [6.07, 6.45) is 3.24. The molecule has 0 aliphatic carbocycles. The van der Waals surface area contributed by atoms with Gasteiger partial charge in [-0.05, 0) is 44.2 Å². The van der Waals surface area contributed by atoms with Crippen molar-refractivity contribution in [3.8, 4) is 17.3 Å². The number of aromatic nitrogens is 4. The molecule has 0 aromatic carbocycles. The Morgan fingerprint density at radius 3 is 2.85 bits per heavy atom. The van der Waals surface area contributed by atoms with Gasteiger partial charge in [-0.1, -0.05) is 6.07 Å². The van der Waals surface area contributed by atoms with Gasteiger partial charge in [0.2, 0.25) is 0 Å². The lowest BCUT2D eigenvalue weighted by Gasteiger charge is -2.07. The van der Waals surface area contributed by atoms with Crippen LogP contribution in [-0.2, 0) is 4.74 Å². The van der Waals surface area contributed by atoms with E-state index in [1.807, 2.05) is 25.1 Å². The molecule has 0 bridgehead atoms. The van der Waals surface area contributed by atoms with Crippen molar-refractivity contribution in [2.24, 2.45) is 0 Å². The predicted molar refractivity (Wildman–Crippen MR) is 95.1 cm³/mol. The Hall–Kier alpha value is -3.48. The monoisotopic (exact) mass is 348 g/mol. The summed E-state index contributed by atoms with van der Waals surface area (Å²) in [4.78, 5) is 21.6. The van der Waals surface area contributed by atoms with Crippen molar-refractivity contribution >= 4 is 17.0 Å². The van der Waals surface area contributed by atoms with Gasteiger partial charge in [-0.15, -0.1) is 0 Å². The first-order valence-corrected chi connectivity index (χ1v) is 8.22. The summed E-state index contributed by atoms with van der Waals surface area (Å²) in [5.74, 6) is 0.754. The summed E-state index contributed by atoms with van der Waals surface area (Å²) < 4.78 is 12.3. The zero-order chi connectivity index (χ0) is 18.1. The quantitative estimate of drug-likeness (QED) is 0.524. The Bertz CT molecular complexity index is 1070. The zero-order valence-electron chi connectivity index (χ0n) is 14.3. The fourth-order valence-corrected chi connectivity index (χ4v) is 2.85. The number of carbonyl (C=O) groups excluding carboxylic acids is 1. The van der Waals surface area contributed by atoms with E-state index in [1.165, 1.54) is 0 Å². The molecule has 0 saturated carbocycles. The van der Waals surface area contributed by atoms with E-state index in [0.717, 1.165) is 0 Å². The van der Waals surface area contributed by atoms with Crippen molar-refractivity contribution in [3.05, 3.63) is 60.1 Å². The van der Waals surface area contributed by atoms with Crippen LogP contribution in [0, 0.1) is 6.92 Å². The summed E-state index contributed by atoms with van der Waals surface area (Å²) >= 11 is 0. The molecule has 0 saturated heterocycles. The number of ether oxygens (including phenoxy) is 1. The summed E-state index contributed by atoms with van der Waals surface area (Å²) in [6, 6.07) is 10.8. The first-order valence-electron chi connectivity index (χ1n) is 8.22.